The fourth-order valence-corrected chi connectivity index (χ4v) is 6.12. The third-order valence-electron chi connectivity index (χ3n) is 0.507. The van der Waals surface area contributed by atoms with E-state index in [0.29, 0.717) is 0 Å². The van der Waals surface area contributed by atoms with Crippen LogP contribution in [0.2, 0.25) is 0 Å². The third-order valence-corrected chi connectivity index (χ3v) is 16.5. The van der Waals surface area contributed by atoms with E-state index in [-0.39, 0.29) is 0 Å². The van der Waals surface area contributed by atoms with E-state index in [1.165, 1.54) is 0 Å². The van der Waals surface area contributed by atoms with Crippen LogP contribution in [0.15, 0.2) is 0 Å². The molecular formula is CBrClF4IO2S-. The Morgan fingerprint density at radius 3 is 1.64 bits per heavy atom. The van der Waals surface area contributed by atoms with Crippen molar-refractivity contribution in [3.63, 3.8) is 0 Å². The fraction of sp³-hybridized carbons (Fsp3) is 1.00. The average molecular weight is 394 g/mol. The quantitative estimate of drug-likeness (QED) is 0.337. The first kappa shape index (κ1) is 12.2. The summed E-state index contributed by atoms with van der Waals surface area (Å²) in [7, 11) is -1.39. The second-order valence-electron chi connectivity index (χ2n) is 1.22. The van der Waals surface area contributed by atoms with Crippen molar-refractivity contribution >= 4 is 28.6 Å². The van der Waals surface area contributed by atoms with Gasteiger partial charge in [-0.05, 0) is 0 Å². The van der Waals surface area contributed by atoms with Gasteiger partial charge in [0, 0.05) is 0 Å². The Kier molecular flexibility index (Phi) is 3.48. The number of alkyl halides is 3. The molecule has 0 bridgehead atoms. The van der Waals surface area contributed by atoms with Gasteiger partial charge in [0.05, 0.1) is 0 Å². The third kappa shape index (κ3) is 2.56. The molecular weight excluding hydrogens is 394 g/mol. The first-order valence-electron chi connectivity index (χ1n) is 1.69. The van der Waals surface area contributed by atoms with Crippen molar-refractivity contribution in [2.45, 2.75) is 5.51 Å². The Hall–Kier alpha value is 1.17. The summed E-state index contributed by atoms with van der Waals surface area (Å²) in [6.45, 7) is 0. The average Bonchev–Trinajstić information content (AvgIpc) is 1.58. The van der Waals surface area contributed by atoms with Crippen LogP contribution >= 0.6 is 21.6 Å². The topological polar surface area (TPSA) is 34.1 Å². The molecule has 0 saturated carbocycles. The molecule has 0 N–H and O–H groups in total. The second-order valence-corrected chi connectivity index (χ2v) is 25.1. The normalized spacial score (nSPS) is 22.4. The molecule has 0 saturated heterocycles. The molecule has 0 rings (SSSR count). The SMILES string of the molecule is O=S(=O)(C(F)(F)F)[I-](F)(Cl)Br. The molecule has 0 aliphatic carbocycles. The van der Waals surface area contributed by atoms with Gasteiger partial charge in [-0.25, -0.2) is 0 Å². The van der Waals surface area contributed by atoms with Crippen molar-refractivity contribution in [1.82, 2.24) is 0 Å². The van der Waals surface area contributed by atoms with Gasteiger partial charge in [0.15, 0.2) is 0 Å². The molecule has 0 spiro atoms. The van der Waals surface area contributed by atoms with Gasteiger partial charge in [-0.15, -0.1) is 0 Å². The molecule has 10 heteroatoms. The molecule has 0 aromatic rings. The molecule has 0 aromatic heterocycles. The number of rotatable bonds is 1. The standard InChI is InChI=1S/CBrClF4IO2S/c2-8(3,7)11(9,10)1(4,5)6/q-1. The Bertz CT molecular complexity index is 220. The molecule has 1 unspecified atom stereocenters. The molecule has 0 aliphatic heterocycles. The molecule has 72 valence electrons. The van der Waals surface area contributed by atoms with Gasteiger partial charge in [-0.1, -0.05) is 0 Å². The molecule has 0 heterocycles. The Morgan fingerprint density at radius 2 is 1.64 bits per heavy atom. The number of hydrogen-bond acceptors (Lipinski definition) is 2. The minimum atomic E-state index is -5.82. The molecule has 2 nitrogen and oxygen atoms in total. The van der Waals surface area contributed by atoms with Crippen LogP contribution < -0.4 is 14.3 Å². The molecule has 0 aromatic carbocycles. The summed E-state index contributed by atoms with van der Waals surface area (Å²) in [5.74, 6) is 0. The molecule has 0 fully saturated rings. The van der Waals surface area contributed by atoms with Crippen LogP contribution in [0.4, 0.5) is 16.0 Å². The van der Waals surface area contributed by atoms with Gasteiger partial charge in [0.25, 0.3) is 0 Å². The van der Waals surface area contributed by atoms with Crippen molar-refractivity contribution in [2.24, 2.45) is 0 Å². The van der Waals surface area contributed by atoms with Crippen molar-refractivity contribution in [3.05, 3.63) is 0 Å². The van der Waals surface area contributed by atoms with E-state index in [1.54, 1.807) is 12.7 Å². The Balaban J connectivity index is 5.11. The van der Waals surface area contributed by atoms with E-state index in [2.05, 4.69) is 8.91 Å². The van der Waals surface area contributed by atoms with E-state index >= 15 is 0 Å². The predicted molar refractivity (Wildman–Crippen MR) is 30.9 cm³/mol. The van der Waals surface area contributed by atoms with Crippen LogP contribution in [0.3, 0.4) is 0 Å². The van der Waals surface area contributed by atoms with Crippen molar-refractivity contribution in [2.75, 3.05) is 0 Å². The molecule has 0 aliphatic rings. The Labute approximate surface area is 72.4 Å². The van der Waals surface area contributed by atoms with Gasteiger partial charge in [0.2, 0.25) is 0 Å². The predicted octanol–water partition coefficient (Wildman–Crippen LogP) is -0.655. The summed E-state index contributed by atoms with van der Waals surface area (Å²) in [5, 5.41) is 0. The fourth-order valence-electron chi connectivity index (χ4n) is 0.0992. The molecule has 0 radical (unpaired) electrons. The van der Waals surface area contributed by atoms with E-state index in [1.807, 2.05) is 0 Å². The van der Waals surface area contributed by atoms with Crippen LogP contribution in [-0.4, -0.2) is 13.9 Å². The van der Waals surface area contributed by atoms with Crippen LogP contribution in [0.5, 0.6) is 0 Å². The molecule has 0 amide bonds. The summed E-state index contributed by atoms with van der Waals surface area (Å²) in [6.07, 6.45) is 0. The monoisotopic (exact) mass is 393 g/mol. The van der Waals surface area contributed by atoms with E-state index < -0.39 is 26.8 Å². The van der Waals surface area contributed by atoms with Gasteiger partial charge in [-0.2, -0.15) is 0 Å². The maximum absolute atomic E-state index is 12.2. The van der Waals surface area contributed by atoms with Crippen LogP contribution in [-0.2, 0) is 7.01 Å². The maximum atomic E-state index is 12.2. The zero-order chi connectivity index (χ0) is 9.50. The first-order chi connectivity index (χ1) is 4.50. The van der Waals surface area contributed by atoms with Gasteiger partial charge in [0.1, 0.15) is 0 Å². The zero-order valence-corrected chi connectivity index (χ0v) is 9.69. The van der Waals surface area contributed by atoms with Crippen molar-refractivity contribution < 1.29 is 38.7 Å². The molecule has 11 heavy (non-hydrogen) atoms. The van der Waals surface area contributed by atoms with Gasteiger partial charge >= 0.3 is 72.8 Å². The van der Waals surface area contributed by atoms with E-state index in [0.717, 1.165) is 0 Å². The zero-order valence-electron chi connectivity index (χ0n) is 4.37. The summed E-state index contributed by atoms with van der Waals surface area (Å²) < 4.78 is 66.7. The van der Waals surface area contributed by atoms with E-state index in [4.69, 9.17) is 0 Å². The van der Waals surface area contributed by atoms with Crippen LogP contribution in [0.25, 0.3) is 0 Å². The summed E-state index contributed by atoms with van der Waals surface area (Å²) in [4.78, 5) is 0. The minimum absolute atomic E-state index is 1.71. The van der Waals surface area contributed by atoms with E-state index in [9.17, 15) is 24.4 Å². The molecule has 1 atom stereocenters. The Morgan fingerprint density at radius 1 is 1.36 bits per heavy atom. The van der Waals surface area contributed by atoms with Gasteiger partial charge in [-0.3, -0.25) is 0 Å². The first-order valence-corrected chi connectivity index (χ1v) is 14.1. The van der Waals surface area contributed by atoms with Gasteiger partial charge < -0.3 is 0 Å². The summed E-state index contributed by atoms with van der Waals surface area (Å²) in [5.41, 5.74) is -5.62. The van der Waals surface area contributed by atoms with Crippen molar-refractivity contribution in [3.8, 4) is 0 Å². The van der Waals surface area contributed by atoms with Crippen LogP contribution in [0, 0.1) is 0 Å². The number of hydrogen-bond donors (Lipinski definition) is 0. The van der Waals surface area contributed by atoms with Crippen LogP contribution in [0.1, 0.15) is 0 Å². The summed E-state index contributed by atoms with van der Waals surface area (Å²) in [6, 6.07) is 0. The number of halogens is 7. The summed E-state index contributed by atoms with van der Waals surface area (Å²) >= 11 is -4.10. The van der Waals surface area contributed by atoms with Crippen molar-refractivity contribution in [1.29, 1.82) is 0 Å². The second kappa shape index (κ2) is 3.14.